The number of nitrogens with zero attached hydrogens (tertiary/aromatic N) is 2. The van der Waals surface area contributed by atoms with E-state index in [0.29, 0.717) is 0 Å². The Balaban J connectivity index is 1.35. The van der Waals surface area contributed by atoms with Gasteiger partial charge in [0.05, 0.1) is 15.7 Å². The quantitative estimate of drug-likeness (QED) is 0.219. The van der Waals surface area contributed by atoms with Crippen molar-refractivity contribution in [2.45, 2.75) is 0 Å². The van der Waals surface area contributed by atoms with Crippen LogP contribution < -0.4 is 0 Å². The molecule has 0 amide bonds. The van der Waals surface area contributed by atoms with Gasteiger partial charge in [-0.1, -0.05) is 103 Å². The van der Waals surface area contributed by atoms with Crippen molar-refractivity contribution in [2.24, 2.45) is 0 Å². The summed E-state index contributed by atoms with van der Waals surface area (Å²) in [7, 11) is 0. The molecule has 0 aliphatic rings. The number of fused-ring (bicyclic) bond motifs is 4. The van der Waals surface area contributed by atoms with E-state index in [1.807, 2.05) is 18.3 Å². The Labute approximate surface area is 229 Å². The molecule has 39 heavy (non-hydrogen) atoms. The maximum atomic E-state index is 4.95. The van der Waals surface area contributed by atoms with Gasteiger partial charge in [-0.2, -0.15) is 0 Å². The summed E-state index contributed by atoms with van der Waals surface area (Å²) in [6.45, 7) is 0. The number of benzene rings is 6. The van der Waals surface area contributed by atoms with Crippen molar-refractivity contribution in [3.05, 3.63) is 134 Å². The van der Waals surface area contributed by atoms with Gasteiger partial charge in [0.15, 0.2) is 0 Å². The molecular weight excluding hydrogens is 492 g/mol. The largest absolute Gasteiger partial charge is 0.256 e. The zero-order chi connectivity index (χ0) is 25.8. The molecule has 0 radical (unpaired) electrons. The highest BCUT2D eigenvalue weighted by atomic mass is 32.1. The Hall–Kier alpha value is -4.86. The van der Waals surface area contributed by atoms with Crippen molar-refractivity contribution in [2.75, 3.05) is 0 Å². The Kier molecular flexibility index (Phi) is 5.04. The predicted molar refractivity (Wildman–Crippen MR) is 166 cm³/mol. The van der Waals surface area contributed by atoms with Gasteiger partial charge >= 0.3 is 0 Å². The highest BCUT2D eigenvalue weighted by molar-refractivity contribution is 7.21. The fourth-order valence-corrected chi connectivity index (χ4v) is 6.69. The third kappa shape index (κ3) is 3.63. The highest BCUT2D eigenvalue weighted by Crippen LogP contribution is 2.43. The summed E-state index contributed by atoms with van der Waals surface area (Å²) in [4.78, 5) is 9.82. The summed E-state index contributed by atoms with van der Waals surface area (Å²) in [5, 5.41) is 7.13. The summed E-state index contributed by atoms with van der Waals surface area (Å²) in [6, 6.07) is 45.4. The van der Waals surface area contributed by atoms with E-state index in [1.165, 1.54) is 48.5 Å². The van der Waals surface area contributed by atoms with Crippen LogP contribution in [0.1, 0.15) is 0 Å². The van der Waals surface area contributed by atoms with Crippen LogP contribution in [0.4, 0.5) is 0 Å². The van der Waals surface area contributed by atoms with Gasteiger partial charge in [-0.15, -0.1) is 11.3 Å². The zero-order valence-electron chi connectivity index (χ0n) is 21.0. The third-order valence-corrected chi connectivity index (χ3v) is 8.62. The molecule has 2 aromatic heterocycles. The van der Waals surface area contributed by atoms with Crippen LogP contribution in [0, 0.1) is 0 Å². The lowest BCUT2D eigenvalue weighted by molar-refractivity contribution is 1.42. The van der Waals surface area contributed by atoms with Gasteiger partial charge in [0.1, 0.15) is 5.01 Å². The van der Waals surface area contributed by atoms with Gasteiger partial charge in [-0.25, -0.2) is 4.98 Å². The van der Waals surface area contributed by atoms with E-state index < -0.39 is 0 Å². The van der Waals surface area contributed by atoms with Crippen molar-refractivity contribution in [3.8, 4) is 32.8 Å². The molecule has 8 rings (SSSR count). The van der Waals surface area contributed by atoms with Crippen molar-refractivity contribution < 1.29 is 0 Å². The molecule has 0 spiro atoms. The van der Waals surface area contributed by atoms with Gasteiger partial charge in [0.25, 0.3) is 0 Å². The molecule has 0 aliphatic carbocycles. The van der Waals surface area contributed by atoms with Crippen molar-refractivity contribution in [1.29, 1.82) is 0 Å². The van der Waals surface area contributed by atoms with Crippen LogP contribution in [0.25, 0.3) is 75.5 Å². The Morgan fingerprint density at radius 2 is 1.15 bits per heavy atom. The first-order chi connectivity index (χ1) is 19.3. The van der Waals surface area contributed by atoms with E-state index in [9.17, 15) is 0 Å². The third-order valence-electron chi connectivity index (χ3n) is 7.53. The van der Waals surface area contributed by atoms with E-state index >= 15 is 0 Å². The molecule has 0 atom stereocenters. The van der Waals surface area contributed by atoms with E-state index in [1.54, 1.807) is 11.3 Å². The molecule has 0 N–H and O–H groups in total. The summed E-state index contributed by atoms with van der Waals surface area (Å²) >= 11 is 1.74. The smallest absolute Gasteiger partial charge is 0.124 e. The number of rotatable bonds is 3. The van der Waals surface area contributed by atoms with E-state index in [-0.39, 0.29) is 0 Å². The highest BCUT2D eigenvalue weighted by Gasteiger charge is 2.18. The molecule has 2 nitrogen and oxygen atoms in total. The molecule has 2 heterocycles. The first-order valence-corrected chi connectivity index (χ1v) is 13.9. The molecule has 0 saturated heterocycles. The lowest BCUT2D eigenvalue weighted by atomic mass is 9.87. The summed E-state index contributed by atoms with van der Waals surface area (Å²) in [5.74, 6) is 0. The number of pyridine rings is 1. The minimum atomic E-state index is 1.02. The Morgan fingerprint density at radius 3 is 2.00 bits per heavy atom. The molecule has 182 valence electrons. The molecule has 8 aromatic rings. The topological polar surface area (TPSA) is 25.8 Å². The molecule has 0 saturated carbocycles. The summed E-state index contributed by atoms with van der Waals surface area (Å²) in [5.41, 5.74) is 7.98. The molecule has 0 fully saturated rings. The predicted octanol–water partition coefficient (Wildman–Crippen LogP) is 10.2. The maximum Gasteiger partial charge on any atom is 0.124 e. The van der Waals surface area contributed by atoms with Gasteiger partial charge < -0.3 is 0 Å². The standard InChI is InChI=1S/C36H22N2S/c1-2-9-26-22-27(20-15-23(26)8-1)34-29-11-4-3-10-28(29)33(30-12-7-21-37-35(30)34)24-16-18-25(19-17-24)36-38-31-13-5-6-14-32(31)39-36/h1-22H. The lowest BCUT2D eigenvalue weighted by Gasteiger charge is -2.17. The van der Waals surface area contributed by atoms with E-state index in [0.717, 1.165) is 27.0 Å². The van der Waals surface area contributed by atoms with Crippen LogP contribution in [-0.4, -0.2) is 9.97 Å². The van der Waals surface area contributed by atoms with E-state index in [2.05, 4.69) is 115 Å². The number of thiazole rings is 1. The molecule has 6 aromatic carbocycles. The molecular formula is C36H22N2S. The second-order valence-corrected chi connectivity index (χ2v) is 10.9. The Bertz CT molecular complexity index is 2080. The number of para-hydroxylation sites is 1. The number of hydrogen-bond donors (Lipinski definition) is 0. The normalized spacial score (nSPS) is 11.6. The van der Waals surface area contributed by atoms with Gasteiger partial charge in [-0.3, -0.25) is 4.98 Å². The Morgan fingerprint density at radius 1 is 0.487 bits per heavy atom. The minimum absolute atomic E-state index is 1.02. The van der Waals surface area contributed by atoms with Crippen molar-refractivity contribution >= 4 is 54.0 Å². The monoisotopic (exact) mass is 514 g/mol. The number of hydrogen-bond acceptors (Lipinski definition) is 3. The van der Waals surface area contributed by atoms with Crippen molar-refractivity contribution in [1.82, 2.24) is 9.97 Å². The van der Waals surface area contributed by atoms with Crippen molar-refractivity contribution in [3.63, 3.8) is 0 Å². The zero-order valence-corrected chi connectivity index (χ0v) is 21.8. The summed E-state index contributed by atoms with van der Waals surface area (Å²) in [6.07, 6.45) is 1.90. The van der Waals surface area contributed by atoms with Crippen LogP contribution in [-0.2, 0) is 0 Å². The van der Waals surface area contributed by atoms with E-state index in [4.69, 9.17) is 9.97 Å². The summed E-state index contributed by atoms with van der Waals surface area (Å²) < 4.78 is 1.21. The van der Waals surface area contributed by atoms with Gasteiger partial charge in [0.2, 0.25) is 0 Å². The van der Waals surface area contributed by atoms with Crippen LogP contribution in [0.3, 0.4) is 0 Å². The number of aromatic nitrogens is 2. The lowest BCUT2D eigenvalue weighted by Crippen LogP contribution is -1.92. The minimum Gasteiger partial charge on any atom is -0.256 e. The van der Waals surface area contributed by atoms with Crippen LogP contribution in [0.5, 0.6) is 0 Å². The average Bonchev–Trinajstić information content (AvgIpc) is 3.44. The molecule has 0 unspecified atom stereocenters. The molecule has 0 aliphatic heterocycles. The van der Waals surface area contributed by atoms with Crippen LogP contribution in [0.15, 0.2) is 134 Å². The maximum absolute atomic E-state index is 4.95. The van der Waals surface area contributed by atoms with Gasteiger partial charge in [-0.05, 0) is 62.5 Å². The second-order valence-electron chi connectivity index (χ2n) is 9.82. The van der Waals surface area contributed by atoms with Crippen LogP contribution in [0.2, 0.25) is 0 Å². The fourth-order valence-electron chi connectivity index (χ4n) is 5.72. The molecule has 3 heteroatoms. The van der Waals surface area contributed by atoms with Gasteiger partial charge in [0, 0.05) is 22.7 Å². The first-order valence-electron chi connectivity index (χ1n) is 13.1. The second kappa shape index (κ2) is 8.87. The first kappa shape index (κ1) is 22.2. The van der Waals surface area contributed by atoms with Crippen LogP contribution >= 0.6 is 11.3 Å². The fraction of sp³-hybridized carbons (Fsp3) is 0. The average molecular weight is 515 g/mol. The SMILES string of the molecule is c1ccc2cc(-c3c4ccccc4c(-c4ccc(-c5nc6ccccc6s5)cc4)c4cccnc34)ccc2c1. The molecule has 0 bridgehead atoms.